The molecule has 2 aliphatic heterocycles. The highest BCUT2D eigenvalue weighted by molar-refractivity contribution is 5.76. The average Bonchev–Trinajstić information content (AvgIpc) is 2.86. The molecule has 1 unspecified atom stereocenters. The van der Waals surface area contributed by atoms with Gasteiger partial charge in [-0.25, -0.2) is 0 Å². The first-order valence-electron chi connectivity index (χ1n) is 6.97. The van der Waals surface area contributed by atoms with Crippen LogP contribution >= 0.6 is 0 Å². The SMILES string of the molecule is COCCC(=O)N1CCC(N2CCC(N)CC2)C1. The van der Waals surface area contributed by atoms with E-state index < -0.39 is 0 Å². The zero-order chi connectivity index (χ0) is 13.0. The number of carbonyl (C=O) groups excluding carboxylic acids is 1. The maximum absolute atomic E-state index is 11.9. The van der Waals surface area contributed by atoms with E-state index in [0.717, 1.165) is 45.4 Å². The summed E-state index contributed by atoms with van der Waals surface area (Å²) in [7, 11) is 1.64. The monoisotopic (exact) mass is 255 g/mol. The van der Waals surface area contributed by atoms with Crippen LogP contribution in [0.15, 0.2) is 0 Å². The third-order valence-electron chi connectivity index (χ3n) is 4.13. The van der Waals surface area contributed by atoms with Crippen LogP contribution in [0, 0.1) is 0 Å². The summed E-state index contributed by atoms with van der Waals surface area (Å²) < 4.78 is 4.96. The van der Waals surface area contributed by atoms with Gasteiger partial charge in [-0.05, 0) is 32.4 Å². The normalized spacial score (nSPS) is 26.8. The molecule has 2 heterocycles. The molecule has 5 nitrogen and oxygen atoms in total. The Hall–Kier alpha value is -0.650. The Morgan fingerprint density at radius 3 is 2.67 bits per heavy atom. The van der Waals surface area contributed by atoms with E-state index in [9.17, 15) is 4.79 Å². The van der Waals surface area contributed by atoms with Crippen molar-refractivity contribution < 1.29 is 9.53 Å². The van der Waals surface area contributed by atoms with Crippen LogP contribution in [0.3, 0.4) is 0 Å². The van der Waals surface area contributed by atoms with Crippen molar-refractivity contribution in [2.45, 2.75) is 37.8 Å². The average molecular weight is 255 g/mol. The van der Waals surface area contributed by atoms with Gasteiger partial charge in [-0.1, -0.05) is 0 Å². The molecule has 18 heavy (non-hydrogen) atoms. The molecule has 1 amide bonds. The van der Waals surface area contributed by atoms with Crippen molar-refractivity contribution in [3.63, 3.8) is 0 Å². The predicted octanol–water partition coefficient (Wildman–Crippen LogP) is 0.0469. The fourth-order valence-electron chi connectivity index (χ4n) is 2.90. The molecule has 104 valence electrons. The second-order valence-electron chi connectivity index (χ2n) is 5.40. The number of ether oxygens (including phenoxy) is 1. The minimum atomic E-state index is 0.230. The number of carbonyl (C=O) groups is 1. The molecule has 2 aliphatic rings. The van der Waals surface area contributed by atoms with Gasteiger partial charge in [0.15, 0.2) is 0 Å². The van der Waals surface area contributed by atoms with E-state index in [4.69, 9.17) is 10.5 Å². The molecular formula is C13H25N3O2. The Bertz CT molecular complexity index is 277. The molecule has 0 saturated carbocycles. The van der Waals surface area contributed by atoms with Crippen LogP contribution in [0.5, 0.6) is 0 Å². The predicted molar refractivity (Wildman–Crippen MR) is 70.3 cm³/mol. The molecular weight excluding hydrogens is 230 g/mol. The Balaban J connectivity index is 1.76. The lowest BCUT2D eigenvalue weighted by atomic mass is 10.0. The molecule has 5 heteroatoms. The van der Waals surface area contributed by atoms with E-state index in [2.05, 4.69) is 4.90 Å². The number of amides is 1. The molecule has 2 rings (SSSR count). The van der Waals surface area contributed by atoms with E-state index in [0.29, 0.717) is 25.1 Å². The molecule has 2 saturated heterocycles. The van der Waals surface area contributed by atoms with Crippen LogP contribution in [0.4, 0.5) is 0 Å². The van der Waals surface area contributed by atoms with Crippen LogP contribution in [0.1, 0.15) is 25.7 Å². The number of nitrogens with two attached hydrogens (primary N) is 1. The highest BCUT2D eigenvalue weighted by atomic mass is 16.5. The third-order valence-corrected chi connectivity index (χ3v) is 4.13. The molecule has 0 spiro atoms. The van der Waals surface area contributed by atoms with E-state index in [-0.39, 0.29) is 5.91 Å². The van der Waals surface area contributed by atoms with Gasteiger partial charge in [-0.2, -0.15) is 0 Å². The summed E-state index contributed by atoms with van der Waals surface area (Å²) >= 11 is 0. The zero-order valence-electron chi connectivity index (χ0n) is 11.3. The van der Waals surface area contributed by atoms with Gasteiger partial charge in [0.05, 0.1) is 13.0 Å². The lowest BCUT2D eigenvalue weighted by Gasteiger charge is -2.34. The summed E-state index contributed by atoms with van der Waals surface area (Å²) in [6, 6.07) is 0.922. The van der Waals surface area contributed by atoms with Crippen LogP contribution in [0.25, 0.3) is 0 Å². The first-order chi connectivity index (χ1) is 8.70. The molecule has 2 N–H and O–H groups in total. The fraction of sp³-hybridized carbons (Fsp3) is 0.923. The lowest BCUT2D eigenvalue weighted by Crippen LogP contribution is -2.46. The van der Waals surface area contributed by atoms with Crippen LogP contribution in [-0.2, 0) is 9.53 Å². The molecule has 0 aromatic heterocycles. The van der Waals surface area contributed by atoms with Crippen molar-refractivity contribution in [3.8, 4) is 0 Å². The zero-order valence-corrected chi connectivity index (χ0v) is 11.3. The van der Waals surface area contributed by atoms with Crippen molar-refractivity contribution in [2.75, 3.05) is 39.9 Å². The number of hydrogen-bond acceptors (Lipinski definition) is 4. The minimum Gasteiger partial charge on any atom is -0.384 e. The lowest BCUT2D eigenvalue weighted by molar-refractivity contribution is -0.131. The van der Waals surface area contributed by atoms with Crippen molar-refractivity contribution in [1.29, 1.82) is 0 Å². The van der Waals surface area contributed by atoms with Crippen molar-refractivity contribution in [1.82, 2.24) is 9.80 Å². The maximum atomic E-state index is 11.9. The Kier molecular flexibility index (Phi) is 4.97. The molecule has 1 atom stereocenters. The van der Waals surface area contributed by atoms with Crippen molar-refractivity contribution in [2.24, 2.45) is 5.73 Å². The highest BCUT2D eigenvalue weighted by Gasteiger charge is 2.31. The van der Waals surface area contributed by atoms with Gasteiger partial charge < -0.3 is 15.4 Å². The van der Waals surface area contributed by atoms with Gasteiger partial charge in [0.1, 0.15) is 0 Å². The number of rotatable bonds is 4. The van der Waals surface area contributed by atoms with Crippen molar-refractivity contribution in [3.05, 3.63) is 0 Å². The summed E-state index contributed by atoms with van der Waals surface area (Å²) in [5.74, 6) is 0.230. The minimum absolute atomic E-state index is 0.230. The second kappa shape index (κ2) is 6.50. The summed E-state index contributed by atoms with van der Waals surface area (Å²) in [6.45, 7) is 4.49. The van der Waals surface area contributed by atoms with Gasteiger partial charge in [0.2, 0.25) is 5.91 Å². The number of piperidine rings is 1. The summed E-state index contributed by atoms with van der Waals surface area (Å²) in [6.07, 6.45) is 3.80. The van der Waals surface area contributed by atoms with Crippen LogP contribution in [0.2, 0.25) is 0 Å². The summed E-state index contributed by atoms with van der Waals surface area (Å²) in [5.41, 5.74) is 5.92. The summed E-state index contributed by atoms with van der Waals surface area (Å²) in [5, 5.41) is 0. The van der Waals surface area contributed by atoms with E-state index in [1.54, 1.807) is 7.11 Å². The smallest absolute Gasteiger partial charge is 0.224 e. The van der Waals surface area contributed by atoms with Gasteiger partial charge in [0, 0.05) is 32.3 Å². The van der Waals surface area contributed by atoms with Gasteiger partial charge in [-0.3, -0.25) is 9.69 Å². The largest absolute Gasteiger partial charge is 0.384 e. The van der Waals surface area contributed by atoms with Gasteiger partial charge >= 0.3 is 0 Å². The maximum Gasteiger partial charge on any atom is 0.224 e. The number of likely N-dealkylation sites (tertiary alicyclic amines) is 2. The summed E-state index contributed by atoms with van der Waals surface area (Å²) in [4.78, 5) is 16.4. The molecule has 0 aliphatic carbocycles. The Morgan fingerprint density at radius 1 is 1.28 bits per heavy atom. The first-order valence-corrected chi connectivity index (χ1v) is 6.97. The van der Waals surface area contributed by atoms with Gasteiger partial charge in [-0.15, -0.1) is 0 Å². The molecule has 0 aromatic carbocycles. The molecule has 0 radical (unpaired) electrons. The van der Waals surface area contributed by atoms with E-state index >= 15 is 0 Å². The number of methoxy groups -OCH3 is 1. The van der Waals surface area contributed by atoms with E-state index in [1.807, 2.05) is 4.90 Å². The van der Waals surface area contributed by atoms with E-state index in [1.165, 1.54) is 0 Å². The standard InChI is InChI=1S/C13H25N3O2/c1-18-9-5-13(17)16-8-4-12(10-16)15-6-2-11(14)3-7-15/h11-12H,2-10,14H2,1H3. The van der Waals surface area contributed by atoms with Gasteiger partial charge in [0.25, 0.3) is 0 Å². The molecule has 2 fully saturated rings. The van der Waals surface area contributed by atoms with Crippen molar-refractivity contribution >= 4 is 5.91 Å². The second-order valence-corrected chi connectivity index (χ2v) is 5.40. The Morgan fingerprint density at radius 2 is 2.00 bits per heavy atom. The third kappa shape index (κ3) is 3.43. The van der Waals surface area contributed by atoms with Crippen LogP contribution < -0.4 is 5.73 Å². The fourth-order valence-corrected chi connectivity index (χ4v) is 2.90. The highest BCUT2D eigenvalue weighted by Crippen LogP contribution is 2.20. The Labute approximate surface area is 109 Å². The number of nitrogens with zero attached hydrogens (tertiary/aromatic N) is 2. The quantitative estimate of drug-likeness (QED) is 0.771. The molecule has 0 bridgehead atoms. The number of hydrogen-bond donors (Lipinski definition) is 1. The molecule has 0 aromatic rings. The topological polar surface area (TPSA) is 58.8 Å². The van der Waals surface area contributed by atoms with Crippen LogP contribution in [-0.4, -0.2) is 67.7 Å². The first kappa shape index (κ1) is 13.8.